The number of pyridine rings is 2. The lowest BCUT2D eigenvalue weighted by atomic mass is 10.3. The molecular formula is C26H21ClF2N10O2. The number of nitrogens with zero attached hydrogens (tertiary/aromatic N) is 7. The Morgan fingerprint density at radius 1 is 0.732 bits per heavy atom. The molecule has 41 heavy (non-hydrogen) atoms. The van der Waals surface area contributed by atoms with Crippen molar-refractivity contribution >= 4 is 23.0 Å². The zero-order valence-corrected chi connectivity index (χ0v) is 21.7. The van der Waals surface area contributed by atoms with Crippen molar-refractivity contribution in [2.45, 2.75) is 0 Å². The standard InChI is InChI=1S/C13H10FN5O.C11H8ClFN2O.C2H3N3/c14-11-5-9(1-2-12(11)15)20-10-3-4-17-13(6-10)19-8-16-7-18-19;12-11-6-8(3-4-15-11)16-7-1-2-10(14)9(13)5-7;1-3-2-5-4-1/h1-8H,15H2;1-6H,14H2;1-2H,(H,3,4,5). The topological polar surface area (TPSA) is 169 Å². The van der Waals surface area contributed by atoms with E-state index in [4.69, 9.17) is 32.5 Å². The summed E-state index contributed by atoms with van der Waals surface area (Å²) >= 11 is 5.68. The minimum absolute atomic E-state index is 0.0791. The summed E-state index contributed by atoms with van der Waals surface area (Å²) < 4.78 is 38.9. The van der Waals surface area contributed by atoms with Gasteiger partial charge in [0.1, 0.15) is 65.1 Å². The maximum atomic E-state index is 13.3. The van der Waals surface area contributed by atoms with Gasteiger partial charge in [-0.1, -0.05) is 11.6 Å². The van der Waals surface area contributed by atoms with E-state index < -0.39 is 11.6 Å². The monoisotopic (exact) mass is 578 g/mol. The highest BCUT2D eigenvalue weighted by atomic mass is 35.5. The molecule has 0 aliphatic carbocycles. The number of anilines is 2. The molecule has 6 aromatic rings. The van der Waals surface area contributed by atoms with Crippen LogP contribution in [-0.2, 0) is 0 Å². The molecule has 4 aromatic heterocycles. The van der Waals surface area contributed by atoms with Crippen LogP contribution in [0.4, 0.5) is 20.2 Å². The molecule has 0 radical (unpaired) electrons. The fraction of sp³-hybridized carbons (Fsp3) is 0. The first-order valence-electron chi connectivity index (χ1n) is 11.5. The molecule has 0 saturated heterocycles. The summed E-state index contributed by atoms with van der Waals surface area (Å²) in [5.41, 5.74) is 10.9. The Morgan fingerprint density at radius 2 is 1.34 bits per heavy atom. The smallest absolute Gasteiger partial charge is 0.158 e. The molecule has 0 bridgehead atoms. The number of aromatic amines is 1. The molecule has 0 amide bonds. The van der Waals surface area contributed by atoms with Crippen LogP contribution in [0.15, 0.2) is 98.4 Å². The maximum Gasteiger partial charge on any atom is 0.158 e. The van der Waals surface area contributed by atoms with E-state index in [9.17, 15) is 8.78 Å². The number of nitrogens with two attached hydrogens (primary N) is 2. The lowest BCUT2D eigenvalue weighted by Gasteiger charge is -2.07. The Kier molecular flexibility index (Phi) is 9.66. The predicted molar refractivity (Wildman–Crippen MR) is 147 cm³/mol. The maximum absolute atomic E-state index is 13.3. The third kappa shape index (κ3) is 8.69. The van der Waals surface area contributed by atoms with Crippen LogP contribution in [0.5, 0.6) is 23.0 Å². The number of H-pyrrole nitrogens is 1. The zero-order valence-electron chi connectivity index (χ0n) is 21.0. The lowest BCUT2D eigenvalue weighted by molar-refractivity contribution is 0.475. The van der Waals surface area contributed by atoms with Crippen molar-refractivity contribution in [2.24, 2.45) is 0 Å². The van der Waals surface area contributed by atoms with E-state index in [-0.39, 0.29) is 11.4 Å². The Morgan fingerprint density at radius 3 is 1.83 bits per heavy atom. The summed E-state index contributed by atoms with van der Waals surface area (Å²) in [6.07, 6.45) is 8.96. The van der Waals surface area contributed by atoms with E-state index in [0.717, 1.165) is 0 Å². The van der Waals surface area contributed by atoms with Gasteiger partial charge in [0.25, 0.3) is 0 Å². The highest BCUT2D eigenvalue weighted by molar-refractivity contribution is 6.29. The van der Waals surface area contributed by atoms with Crippen molar-refractivity contribution in [3.63, 3.8) is 0 Å². The summed E-state index contributed by atoms with van der Waals surface area (Å²) in [6.45, 7) is 0. The van der Waals surface area contributed by atoms with Crippen molar-refractivity contribution in [3.05, 3.63) is 115 Å². The molecule has 4 heterocycles. The largest absolute Gasteiger partial charge is 0.457 e. The molecule has 0 spiro atoms. The van der Waals surface area contributed by atoms with E-state index >= 15 is 0 Å². The van der Waals surface area contributed by atoms with Crippen molar-refractivity contribution in [3.8, 4) is 28.8 Å². The first-order chi connectivity index (χ1) is 19.9. The Hall–Kier alpha value is -5.63. The molecule has 0 unspecified atom stereocenters. The van der Waals surface area contributed by atoms with E-state index in [1.807, 2.05) is 0 Å². The van der Waals surface area contributed by atoms with Crippen molar-refractivity contribution < 1.29 is 18.3 Å². The average Bonchev–Trinajstić information content (AvgIpc) is 3.71. The number of ether oxygens (including phenoxy) is 2. The number of nitrogen functional groups attached to an aromatic ring is 2. The van der Waals surface area contributed by atoms with Gasteiger partial charge in [-0.25, -0.2) is 33.4 Å². The van der Waals surface area contributed by atoms with Gasteiger partial charge in [0.05, 0.1) is 11.4 Å². The minimum Gasteiger partial charge on any atom is -0.457 e. The van der Waals surface area contributed by atoms with Crippen LogP contribution in [0, 0.1) is 11.6 Å². The van der Waals surface area contributed by atoms with Gasteiger partial charge in [0, 0.05) is 36.7 Å². The van der Waals surface area contributed by atoms with Gasteiger partial charge >= 0.3 is 0 Å². The number of hydrogen-bond donors (Lipinski definition) is 3. The van der Waals surface area contributed by atoms with Crippen LogP contribution in [0.2, 0.25) is 5.15 Å². The fourth-order valence-corrected chi connectivity index (χ4v) is 3.11. The molecule has 5 N–H and O–H groups in total. The highest BCUT2D eigenvalue weighted by Crippen LogP contribution is 2.26. The molecule has 0 aliphatic rings. The van der Waals surface area contributed by atoms with Gasteiger partial charge in [-0.2, -0.15) is 10.2 Å². The number of benzene rings is 2. The number of nitrogens with one attached hydrogen (secondary N) is 1. The predicted octanol–water partition coefficient (Wildman–Crippen LogP) is 5.23. The lowest BCUT2D eigenvalue weighted by Crippen LogP contribution is -1.98. The SMILES string of the molecule is Nc1ccc(Oc2ccnc(-n3cncn3)c2)cc1F.Nc1ccc(Oc2ccnc(Cl)c2)cc1F.c1nc[nH]n1. The Bertz CT molecular complexity index is 1650. The second kappa shape index (κ2) is 14.0. The first-order valence-corrected chi connectivity index (χ1v) is 11.9. The summed E-state index contributed by atoms with van der Waals surface area (Å²) in [5, 5.41) is 10.3. The van der Waals surface area contributed by atoms with Crippen molar-refractivity contribution in [1.29, 1.82) is 0 Å². The summed E-state index contributed by atoms with van der Waals surface area (Å²) in [4.78, 5) is 15.3. The van der Waals surface area contributed by atoms with Gasteiger partial charge in [-0.15, -0.1) is 0 Å². The first kappa shape index (κ1) is 28.4. The van der Waals surface area contributed by atoms with Crippen molar-refractivity contribution in [1.82, 2.24) is 39.9 Å². The molecule has 0 aliphatic heterocycles. The van der Waals surface area contributed by atoms with E-state index in [2.05, 4.69) is 35.2 Å². The van der Waals surface area contributed by atoms with Crippen LogP contribution in [-0.4, -0.2) is 39.9 Å². The minimum atomic E-state index is -0.520. The van der Waals surface area contributed by atoms with Gasteiger partial charge in [0.2, 0.25) is 0 Å². The Balaban J connectivity index is 0.000000164. The number of halogens is 3. The normalized spacial score (nSPS) is 10.0. The van der Waals surface area contributed by atoms with Crippen LogP contribution in [0.25, 0.3) is 5.82 Å². The van der Waals surface area contributed by atoms with Gasteiger partial charge in [-0.05, 0) is 36.4 Å². The van der Waals surface area contributed by atoms with Gasteiger partial charge in [0.15, 0.2) is 5.82 Å². The second-order valence-corrected chi connectivity index (χ2v) is 8.11. The summed E-state index contributed by atoms with van der Waals surface area (Å²) in [7, 11) is 0. The molecule has 12 nitrogen and oxygen atoms in total. The Labute approximate surface area is 236 Å². The van der Waals surface area contributed by atoms with Gasteiger partial charge < -0.3 is 20.9 Å². The fourth-order valence-electron chi connectivity index (χ4n) is 2.94. The van der Waals surface area contributed by atoms with Crippen LogP contribution < -0.4 is 20.9 Å². The molecule has 208 valence electrons. The molecule has 2 aromatic carbocycles. The molecule has 0 atom stereocenters. The quantitative estimate of drug-likeness (QED) is 0.182. The summed E-state index contributed by atoms with van der Waals surface area (Å²) in [6, 6.07) is 15.0. The molecular weight excluding hydrogens is 558 g/mol. The van der Waals surface area contributed by atoms with E-state index in [0.29, 0.717) is 34.0 Å². The molecule has 6 rings (SSSR count). The van der Waals surface area contributed by atoms with Crippen LogP contribution in [0.1, 0.15) is 0 Å². The van der Waals surface area contributed by atoms with Crippen LogP contribution >= 0.6 is 11.6 Å². The third-order valence-electron chi connectivity index (χ3n) is 4.81. The number of rotatable bonds is 5. The molecule has 0 saturated carbocycles. The number of hydrogen-bond acceptors (Lipinski definition) is 10. The second-order valence-electron chi connectivity index (χ2n) is 7.73. The van der Waals surface area contributed by atoms with Crippen LogP contribution in [0.3, 0.4) is 0 Å². The zero-order chi connectivity index (χ0) is 29.0. The van der Waals surface area contributed by atoms with Crippen molar-refractivity contribution in [2.75, 3.05) is 11.5 Å². The third-order valence-corrected chi connectivity index (χ3v) is 5.02. The van der Waals surface area contributed by atoms with E-state index in [1.54, 1.807) is 36.5 Å². The average molecular weight is 579 g/mol. The molecule has 0 fully saturated rings. The van der Waals surface area contributed by atoms with E-state index in [1.165, 1.54) is 66.5 Å². The van der Waals surface area contributed by atoms with Gasteiger partial charge in [-0.3, -0.25) is 5.10 Å². The highest BCUT2D eigenvalue weighted by Gasteiger charge is 2.05. The number of aromatic nitrogens is 8. The molecule has 15 heteroatoms. The summed E-state index contributed by atoms with van der Waals surface area (Å²) in [5.74, 6) is 1.22.